The SMILES string of the molecule is Cc1cc(-c2ccccc2)cc(-c2ccccc2)c1N(c1cccc2c1Cc1ccccc1-2)c1cc(C(C)C)c2ccc3c(N(c4cccc5c4Cc4ccccc4-5)c4c(C)cc(-c5ccccc5)cc4-c4ccccc4)cc(C(C)C)c4ccc1c2c43. The topological polar surface area (TPSA) is 6.48 Å². The molecule has 0 heterocycles. The second-order valence-corrected chi connectivity index (χ2v) is 25.1. The number of aryl methyl sites for hydroxylation is 2. The normalized spacial score (nSPS) is 12.3. The van der Waals surface area contributed by atoms with Crippen molar-refractivity contribution >= 4 is 66.4 Å². The highest BCUT2D eigenvalue weighted by Crippen LogP contribution is 2.57. The third kappa shape index (κ3) is 8.60. The second kappa shape index (κ2) is 21.3. The van der Waals surface area contributed by atoms with Crippen molar-refractivity contribution in [1.29, 1.82) is 0 Å². The summed E-state index contributed by atoms with van der Waals surface area (Å²) in [6.07, 6.45) is 1.70. The van der Waals surface area contributed by atoms with E-state index in [2.05, 4.69) is 318 Å². The lowest BCUT2D eigenvalue weighted by atomic mass is 9.83. The summed E-state index contributed by atoms with van der Waals surface area (Å²) in [5.74, 6) is 0.415. The lowest BCUT2D eigenvalue weighted by Crippen LogP contribution is -2.17. The van der Waals surface area contributed by atoms with E-state index in [9.17, 15) is 0 Å². The van der Waals surface area contributed by atoms with Gasteiger partial charge in [0.1, 0.15) is 0 Å². The van der Waals surface area contributed by atoms with E-state index in [-0.39, 0.29) is 11.8 Å². The molecule has 2 heteroatoms. The Labute approximate surface area is 517 Å². The number of fused-ring (bicyclic) bond motifs is 6. The van der Waals surface area contributed by atoms with Crippen molar-refractivity contribution in [1.82, 2.24) is 0 Å². The Kier molecular flexibility index (Phi) is 12.9. The monoisotopic (exact) mass is 1130 g/mol. The second-order valence-electron chi connectivity index (χ2n) is 25.1. The van der Waals surface area contributed by atoms with Gasteiger partial charge in [-0.15, -0.1) is 0 Å². The summed E-state index contributed by atoms with van der Waals surface area (Å²) in [6.45, 7) is 14.2. The first-order valence-corrected chi connectivity index (χ1v) is 31.5. The molecule has 0 N–H and O–H groups in total. The summed E-state index contributed by atoms with van der Waals surface area (Å²) >= 11 is 0. The molecule has 0 aromatic heterocycles. The molecule has 0 spiro atoms. The van der Waals surface area contributed by atoms with Gasteiger partial charge in [-0.25, -0.2) is 0 Å². The zero-order chi connectivity index (χ0) is 59.3. The highest BCUT2D eigenvalue weighted by atomic mass is 15.2. The number of hydrogen-bond donors (Lipinski definition) is 0. The zero-order valence-corrected chi connectivity index (χ0v) is 50.9. The fourth-order valence-corrected chi connectivity index (χ4v) is 15.2. The molecule has 0 amide bonds. The molecule has 14 aromatic rings. The minimum atomic E-state index is 0.208. The summed E-state index contributed by atoms with van der Waals surface area (Å²) in [5.41, 5.74) is 32.6. The average Bonchev–Trinajstić information content (AvgIpc) is 0.860. The van der Waals surface area contributed by atoms with Crippen LogP contribution in [0, 0.1) is 13.8 Å². The molecule has 16 rings (SSSR count). The number of rotatable bonds is 12. The molecule has 88 heavy (non-hydrogen) atoms. The highest BCUT2D eigenvalue weighted by molar-refractivity contribution is 6.30. The maximum atomic E-state index is 2.69. The molecule has 0 unspecified atom stereocenters. The molecule has 0 atom stereocenters. The van der Waals surface area contributed by atoms with Crippen molar-refractivity contribution in [2.75, 3.05) is 9.80 Å². The van der Waals surface area contributed by atoms with Gasteiger partial charge in [0.2, 0.25) is 0 Å². The van der Waals surface area contributed by atoms with Crippen molar-refractivity contribution in [3.63, 3.8) is 0 Å². The first kappa shape index (κ1) is 53.2. The Balaban J connectivity index is 1.03. The lowest BCUT2D eigenvalue weighted by Gasteiger charge is -2.35. The van der Waals surface area contributed by atoms with Crippen LogP contribution in [0.3, 0.4) is 0 Å². The number of hydrogen-bond acceptors (Lipinski definition) is 2. The standard InChI is InChI=1S/C86H68N2/c1-53(2)73-51-81(87(79-39-23-37-67-65-35-21-19-33-61(65)47-77(67)79)85-55(5)45-63(57-25-11-7-12-26-57)49-75(85)59-29-15-9-16-30-59)71-44-42-70-74(54(3)4)52-82(72-43-41-69(73)83(71)84(70)72)88(80-40-24-38-68-66-36-22-20-34-62(66)48-78(68)80)86-56(6)46-64(58-27-13-8-14-28-58)50-76(86)60-31-17-10-18-32-60/h7-46,49-54H,47-48H2,1-6H3. The first-order valence-electron chi connectivity index (χ1n) is 31.5. The molecular weight excluding hydrogens is 1060 g/mol. The molecular formula is C86H68N2. The third-order valence-electron chi connectivity index (χ3n) is 19.2. The molecule has 0 bridgehead atoms. The van der Waals surface area contributed by atoms with E-state index in [1.54, 1.807) is 0 Å². The molecule has 2 aliphatic rings. The summed E-state index contributed by atoms with van der Waals surface area (Å²) < 4.78 is 0. The summed E-state index contributed by atoms with van der Waals surface area (Å²) in [5, 5.41) is 7.70. The molecule has 0 saturated heterocycles. The largest absolute Gasteiger partial charge is 0.309 e. The Morgan fingerprint density at radius 3 is 1.00 bits per heavy atom. The fraction of sp³-hybridized carbons (Fsp3) is 0.116. The maximum absolute atomic E-state index is 2.69. The van der Waals surface area contributed by atoms with E-state index >= 15 is 0 Å². The van der Waals surface area contributed by atoms with Crippen LogP contribution in [0.4, 0.5) is 34.1 Å². The van der Waals surface area contributed by atoms with Gasteiger partial charge in [-0.05, 0) is 196 Å². The van der Waals surface area contributed by atoms with Crippen molar-refractivity contribution in [3.05, 3.63) is 311 Å². The smallest absolute Gasteiger partial charge is 0.0570 e. The Morgan fingerprint density at radius 2 is 0.614 bits per heavy atom. The van der Waals surface area contributed by atoms with Crippen molar-refractivity contribution < 1.29 is 0 Å². The van der Waals surface area contributed by atoms with Gasteiger partial charge in [0.05, 0.1) is 34.1 Å². The van der Waals surface area contributed by atoms with Crippen LogP contribution in [-0.2, 0) is 12.8 Å². The molecule has 0 radical (unpaired) electrons. The van der Waals surface area contributed by atoms with Crippen LogP contribution in [0.25, 0.3) is 99.1 Å². The zero-order valence-electron chi connectivity index (χ0n) is 50.9. The molecule has 2 nitrogen and oxygen atoms in total. The van der Waals surface area contributed by atoms with E-state index in [4.69, 9.17) is 0 Å². The van der Waals surface area contributed by atoms with Gasteiger partial charge in [-0.2, -0.15) is 0 Å². The van der Waals surface area contributed by atoms with Crippen molar-refractivity contribution in [2.24, 2.45) is 0 Å². The molecule has 0 fully saturated rings. The van der Waals surface area contributed by atoms with Crippen LogP contribution >= 0.6 is 0 Å². The summed E-state index contributed by atoms with van der Waals surface area (Å²) in [4.78, 5) is 5.39. The Bertz CT molecular complexity index is 4720. The predicted molar refractivity (Wildman–Crippen MR) is 375 cm³/mol. The van der Waals surface area contributed by atoms with Crippen LogP contribution in [0.5, 0.6) is 0 Å². The Morgan fingerprint density at radius 1 is 0.273 bits per heavy atom. The first-order chi connectivity index (χ1) is 43.2. The van der Waals surface area contributed by atoms with E-state index < -0.39 is 0 Å². The summed E-state index contributed by atoms with van der Waals surface area (Å²) in [7, 11) is 0. The molecule has 2 aliphatic carbocycles. The quantitative estimate of drug-likeness (QED) is 0.113. The minimum absolute atomic E-state index is 0.208. The van der Waals surface area contributed by atoms with Crippen molar-refractivity contribution in [3.8, 4) is 66.8 Å². The molecule has 422 valence electrons. The van der Waals surface area contributed by atoms with E-state index in [0.29, 0.717) is 0 Å². The maximum Gasteiger partial charge on any atom is 0.0570 e. The molecule has 0 aliphatic heterocycles. The fourth-order valence-electron chi connectivity index (χ4n) is 15.2. The van der Waals surface area contributed by atoms with Gasteiger partial charge < -0.3 is 9.80 Å². The van der Waals surface area contributed by atoms with Gasteiger partial charge >= 0.3 is 0 Å². The van der Waals surface area contributed by atoms with Crippen LogP contribution < -0.4 is 9.80 Å². The van der Waals surface area contributed by atoms with Crippen LogP contribution in [0.1, 0.15) is 84.0 Å². The van der Waals surface area contributed by atoms with Crippen LogP contribution in [0.2, 0.25) is 0 Å². The lowest BCUT2D eigenvalue weighted by molar-refractivity contribution is 0.875. The highest BCUT2D eigenvalue weighted by Gasteiger charge is 2.34. The van der Waals surface area contributed by atoms with Crippen molar-refractivity contribution in [2.45, 2.75) is 66.2 Å². The predicted octanol–water partition coefficient (Wildman–Crippen LogP) is 24.2. The number of nitrogens with zero attached hydrogens (tertiary/aromatic N) is 2. The average molecular weight is 1130 g/mol. The molecule has 0 saturated carbocycles. The summed E-state index contributed by atoms with van der Waals surface area (Å²) in [6, 6.07) is 101. The van der Waals surface area contributed by atoms with Gasteiger partial charge in [-0.3, -0.25) is 0 Å². The Hall–Kier alpha value is -10.3. The van der Waals surface area contributed by atoms with E-state index in [1.807, 2.05) is 0 Å². The minimum Gasteiger partial charge on any atom is -0.309 e. The third-order valence-corrected chi connectivity index (χ3v) is 19.2. The number of benzene rings is 14. The van der Waals surface area contributed by atoms with Gasteiger partial charge in [-0.1, -0.05) is 246 Å². The van der Waals surface area contributed by atoms with E-state index in [1.165, 1.54) is 178 Å². The van der Waals surface area contributed by atoms with E-state index in [0.717, 1.165) is 12.8 Å². The molecule has 14 aromatic carbocycles. The van der Waals surface area contributed by atoms with Gasteiger partial charge in [0, 0.05) is 34.7 Å². The van der Waals surface area contributed by atoms with Gasteiger partial charge in [0.15, 0.2) is 0 Å². The van der Waals surface area contributed by atoms with Crippen LogP contribution in [-0.4, -0.2) is 0 Å². The number of anilines is 6. The van der Waals surface area contributed by atoms with Gasteiger partial charge in [0.25, 0.3) is 0 Å². The van der Waals surface area contributed by atoms with Crippen LogP contribution in [0.15, 0.2) is 267 Å².